The van der Waals surface area contributed by atoms with E-state index in [1.807, 2.05) is 28.2 Å². The number of nitrogens with zero attached hydrogens (tertiary/aromatic N) is 6. The van der Waals surface area contributed by atoms with E-state index in [1.165, 1.54) is 0 Å². The summed E-state index contributed by atoms with van der Waals surface area (Å²) in [6.45, 7) is 2.00. The van der Waals surface area contributed by atoms with Gasteiger partial charge in [-0.2, -0.15) is 4.98 Å². The molecule has 0 bridgehead atoms. The minimum Gasteiger partial charge on any atom is -0.338 e. The van der Waals surface area contributed by atoms with Crippen molar-refractivity contribution >= 4 is 29.5 Å². The maximum absolute atomic E-state index is 11.8. The van der Waals surface area contributed by atoms with Crippen molar-refractivity contribution in [1.82, 2.24) is 15.0 Å². The van der Waals surface area contributed by atoms with E-state index in [0.717, 1.165) is 0 Å². The number of carbonyl (C=O) groups excluding carboxylic acids is 1. The number of hydrogen-bond donors (Lipinski definition) is 1. The molecule has 20 heavy (non-hydrogen) atoms. The summed E-state index contributed by atoms with van der Waals surface area (Å²) in [5.41, 5.74) is 5.99. The van der Waals surface area contributed by atoms with Gasteiger partial charge in [-0.05, 0) is 6.92 Å². The molecule has 0 saturated heterocycles. The van der Waals surface area contributed by atoms with Gasteiger partial charge in [-0.15, -0.1) is 0 Å². The van der Waals surface area contributed by atoms with Crippen molar-refractivity contribution in [3.63, 3.8) is 0 Å². The summed E-state index contributed by atoms with van der Waals surface area (Å²) in [4.78, 5) is 28.4. The molecule has 0 saturated carbocycles. The molecular formula is C12H20N7O+. The molecule has 1 atom stereocenters. The average Bonchev–Trinajstić information content (AvgIpc) is 2.66. The van der Waals surface area contributed by atoms with E-state index >= 15 is 0 Å². The monoisotopic (exact) mass is 278 g/mol. The second kappa shape index (κ2) is 5.03. The lowest BCUT2D eigenvalue weighted by Crippen LogP contribution is -2.27. The normalized spacial score (nSPS) is 18.6. The lowest BCUT2D eigenvalue weighted by molar-refractivity contribution is -0.431. The van der Waals surface area contributed by atoms with Crippen molar-refractivity contribution in [3.05, 3.63) is 0 Å². The predicted molar refractivity (Wildman–Crippen MR) is 76.6 cm³/mol. The molecular weight excluding hydrogens is 258 g/mol. The van der Waals surface area contributed by atoms with Gasteiger partial charge in [-0.3, -0.25) is 4.79 Å². The zero-order valence-electron chi connectivity index (χ0n) is 12.5. The first-order valence-corrected chi connectivity index (χ1v) is 6.34. The molecule has 2 heterocycles. The summed E-state index contributed by atoms with van der Waals surface area (Å²) in [6.07, 6.45) is 0. The Kier molecular flexibility index (Phi) is 3.56. The Bertz CT molecular complexity index is 553. The molecule has 0 aliphatic carbocycles. The van der Waals surface area contributed by atoms with Crippen LogP contribution in [0.15, 0.2) is 0 Å². The Morgan fingerprint density at radius 3 is 1.95 bits per heavy atom. The fraction of sp³-hybridized carbons (Fsp3) is 0.583. The molecule has 0 fully saturated rings. The minimum absolute atomic E-state index is 0.0701. The summed E-state index contributed by atoms with van der Waals surface area (Å²) in [5, 5.41) is 0. The van der Waals surface area contributed by atoms with Crippen molar-refractivity contribution in [2.75, 3.05) is 44.5 Å². The first kappa shape index (κ1) is 14.2. The second-order valence-corrected chi connectivity index (χ2v) is 5.22. The van der Waals surface area contributed by atoms with E-state index in [-0.39, 0.29) is 18.2 Å². The van der Waals surface area contributed by atoms with Crippen molar-refractivity contribution in [2.24, 2.45) is 11.7 Å². The van der Waals surface area contributed by atoms with Crippen LogP contribution in [0.25, 0.3) is 0 Å². The average molecular weight is 278 g/mol. The van der Waals surface area contributed by atoms with Gasteiger partial charge in [0.05, 0.1) is 5.92 Å². The van der Waals surface area contributed by atoms with Gasteiger partial charge in [-0.1, -0.05) is 9.97 Å². The number of rotatable bonds is 3. The Morgan fingerprint density at radius 2 is 1.60 bits per heavy atom. The van der Waals surface area contributed by atoms with Crippen LogP contribution in [0.3, 0.4) is 0 Å². The first-order chi connectivity index (χ1) is 9.31. The van der Waals surface area contributed by atoms with Crippen LogP contribution in [0.5, 0.6) is 0 Å². The summed E-state index contributed by atoms with van der Waals surface area (Å²) in [7, 11) is 7.40. The van der Waals surface area contributed by atoms with Gasteiger partial charge >= 0.3 is 5.95 Å². The molecule has 0 aromatic carbocycles. The molecule has 1 aromatic heterocycles. The Labute approximate surface area is 117 Å². The summed E-state index contributed by atoms with van der Waals surface area (Å²) in [6, 6.07) is 0. The second-order valence-electron chi connectivity index (χ2n) is 5.22. The van der Waals surface area contributed by atoms with Crippen LogP contribution in [-0.4, -0.2) is 65.9 Å². The van der Waals surface area contributed by atoms with Crippen LogP contribution in [0.4, 0.5) is 17.8 Å². The maximum atomic E-state index is 11.8. The number of amidine groups is 1. The van der Waals surface area contributed by atoms with Gasteiger partial charge in [-0.25, -0.2) is 4.58 Å². The third kappa shape index (κ3) is 2.40. The molecule has 1 aliphatic rings. The zero-order chi connectivity index (χ0) is 15.0. The van der Waals surface area contributed by atoms with Crippen LogP contribution in [0.1, 0.15) is 6.92 Å². The molecule has 2 rings (SSSR count). The van der Waals surface area contributed by atoms with Gasteiger partial charge in [0, 0.05) is 28.2 Å². The molecule has 8 nitrogen and oxygen atoms in total. The highest BCUT2D eigenvalue weighted by molar-refractivity contribution is 6.04. The standard InChI is InChI=1S/C12H19N7O/c1-7-8(20)6-19(9(7)13)12-15-10(17(2)3)14-11(16-12)18(4)5/h7,13H,6H2,1-5H3/p+1/t7-/m0/s1. The lowest BCUT2D eigenvalue weighted by Gasteiger charge is -2.12. The third-order valence-electron chi connectivity index (χ3n) is 3.19. The van der Waals surface area contributed by atoms with Gasteiger partial charge in [0.2, 0.25) is 0 Å². The fourth-order valence-electron chi connectivity index (χ4n) is 1.83. The molecule has 0 unspecified atom stereocenters. The summed E-state index contributed by atoms with van der Waals surface area (Å²) < 4.78 is 1.65. The Hall–Kier alpha value is -2.25. The number of aromatic nitrogens is 3. The molecule has 0 spiro atoms. The topological polar surface area (TPSA) is 91.2 Å². The van der Waals surface area contributed by atoms with Crippen molar-refractivity contribution in [2.45, 2.75) is 6.92 Å². The van der Waals surface area contributed by atoms with E-state index < -0.39 is 0 Å². The van der Waals surface area contributed by atoms with E-state index in [0.29, 0.717) is 23.7 Å². The largest absolute Gasteiger partial charge is 0.392 e. The third-order valence-corrected chi connectivity index (χ3v) is 3.19. The number of hydrogen-bond acceptors (Lipinski definition) is 7. The van der Waals surface area contributed by atoms with Crippen LogP contribution in [0.2, 0.25) is 0 Å². The van der Waals surface area contributed by atoms with Crippen molar-refractivity contribution < 1.29 is 9.37 Å². The lowest BCUT2D eigenvalue weighted by atomic mass is 10.1. The number of anilines is 2. The van der Waals surface area contributed by atoms with E-state index in [4.69, 9.17) is 5.73 Å². The van der Waals surface area contributed by atoms with Crippen molar-refractivity contribution in [1.29, 1.82) is 0 Å². The van der Waals surface area contributed by atoms with Crippen LogP contribution < -0.4 is 15.5 Å². The zero-order valence-corrected chi connectivity index (χ0v) is 12.5. The van der Waals surface area contributed by atoms with Gasteiger partial charge in [0.25, 0.3) is 11.9 Å². The Balaban J connectivity index is 2.54. The minimum atomic E-state index is -0.294. The molecule has 1 aromatic rings. The molecule has 2 N–H and O–H groups in total. The predicted octanol–water partition coefficient (Wildman–Crippen LogP) is -0.776. The highest BCUT2D eigenvalue weighted by atomic mass is 16.1. The molecule has 1 aliphatic heterocycles. The highest BCUT2D eigenvalue weighted by Gasteiger charge is 2.34. The molecule has 0 amide bonds. The van der Waals surface area contributed by atoms with Gasteiger partial charge in [0.1, 0.15) is 6.54 Å². The maximum Gasteiger partial charge on any atom is 0.392 e. The summed E-state index contributed by atoms with van der Waals surface area (Å²) in [5.74, 6) is 1.72. The molecule has 8 heteroatoms. The molecule has 108 valence electrons. The van der Waals surface area contributed by atoms with Gasteiger partial charge in [0.15, 0.2) is 11.6 Å². The first-order valence-electron chi connectivity index (χ1n) is 6.34. The number of Topliss-reactive ketones (excluding diaryl/α,β-unsaturated/α-hetero) is 1. The van der Waals surface area contributed by atoms with Crippen LogP contribution >= 0.6 is 0 Å². The van der Waals surface area contributed by atoms with Crippen LogP contribution in [0, 0.1) is 5.92 Å². The number of nitrogens with two attached hydrogens (primary N) is 1. The Morgan fingerprint density at radius 1 is 1.10 bits per heavy atom. The van der Waals surface area contributed by atoms with Gasteiger partial charge < -0.3 is 15.5 Å². The highest BCUT2D eigenvalue weighted by Crippen LogP contribution is 2.19. The van der Waals surface area contributed by atoms with Crippen molar-refractivity contribution in [3.8, 4) is 0 Å². The smallest absolute Gasteiger partial charge is 0.338 e. The SMILES string of the molecule is C[C@H]1C(=O)C[N+](c2nc(N(C)C)nc(N(C)C)n2)=C1N. The number of ketones is 1. The van der Waals surface area contributed by atoms with E-state index in [9.17, 15) is 4.79 Å². The van der Waals surface area contributed by atoms with E-state index in [2.05, 4.69) is 15.0 Å². The number of carbonyl (C=O) groups is 1. The van der Waals surface area contributed by atoms with Crippen LogP contribution in [-0.2, 0) is 4.79 Å². The van der Waals surface area contributed by atoms with E-state index in [1.54, 1.807) is 21.3 Å². The quantitative estimate of drug-likeness (QED) is 0.725. The molecule has 0 radical (unpaired) electrons. The summed E-state index contributed by atoms with van der Waals surface area (Å²) >= 11 is 0. The fourth-order valence-corrected chi connectivity index (χ4v) is 1.83.